The van der Waals surface area contributed by atoms with Gasteiger partial charge in [0.2, 0.25) is 0 Å². The van der Waals surface area contributed by atoms with Gasteiger partial charge in [-0.15, -0.1) is 6.54 Å². The van der Waals surface area contributed by atoms with Gasteiger partial charge in [0.1, 0.15) is 0 Å². The van der Waals surface area contributed by atoms with Crippen LogP contribution in [-0.4, -0.2) is 51.1 Å². The molecular weight excluding hydrogens is 211 g/mol. The monoisotopic (exact) mass is 231 g/mol. The summed E-state index contributed by atoms with van der Waals surface area (Å²) >= 11 is 2.62. The standard InChI is InChI=1S/C9H21N2.Ni.O/c1-9(8-11(4)5)6-7-10(2)3;;/h6-8H2,1-5H3;;/q-1;;. The molecule has 0 saturated heterocycles. The number of hydrogen-bond donors (Lipinski definition) is 0. The Morgan fingerprint density at radius 1 is 1.08 bits per heavy atom. The fourth-order valence-electron chi connectivity index (χ4n) is 1.03. The van der Waals surface area contributed by atoms with E-state index in [-0.39, 0.29) is 0 Å². The van der Waals surface area contributed by atoms with Gasteiger partial charge < -0.3 is 15.7 Å². The van der Waals surface area contributed by atoms with E-state index in [2.05, 4.69) is 60.3 Å². The Morgan fingerprint density at radius 3 is 1.85 bits per heavy atom. The Hall–Kier alpha value is 0.214. The molecule has 0 bridgehead atoms. The molecule has 0 unspecified atom stereocenters. The molecule has 0 spiro atoms. The van der Waals surface area contributed by atoms with Crippen molar-refractivity contribution in [3.8, 4) is 0 Å². The minimum atomic E-state index is 1.12. The normalized spacial score (nSPS) is 10.6. The van der Waals surface area contributed by atoms with Crippen LogP contribution in [0.1, 0.15) is 13.3 Å². The molecular formula is C9H21N2NiO-. The predicted molar refractivity (Wildman–Crippen MR) is 51.3 cm³/mol. The molecule has 0 atom stereocenters. The Labute approximate surface area is 90.0 Å². The van der Waals surface area contributed by atoms with Crippen molar-refractivity contribution in [1.82, 2.24) is 9.80 Å². The second-order valence-electron chi connectivity index (χ2n) is 3.75. The second-order valence-corrected chi connectivity index (χ2v) is 3.75. The molecule has 0 aliphatic carbocycles. The molecule has 0 rings (SSSR count). The first-order valence-electron chi connectivity index (χ1n) is 4.26. The number of hydrogen-bond acceptors (Lipinski definition) is 3. The summed E-state index contributed by atoms with van der Waals surface area (Å²) in [6, 6.07) is 0. The average Bonchev–Trinajstić information content (AvgIpc) is 2.03. The van der Waals surface area contributed by atoms with Gasteiger partial charge in [-0.2, -0.15) is 13.3 Å². The van der Waals surface area contributed by atoms with E-state index < -0.39 is 0 Å². The van der Waals surface area contributed by atoms with Crippen LogP contribution in [0, 0.1) is 5.92 Å². The molecule has 0 aromatic heterocycles. The summed E-state index contributed by atoms with van der Waals surface area (Å²) in [5.74, 6) is 1.56. The molecule has 0 aliphatic heterocycles. The summed E-state index contributed by atoms with van der Waals surface area (Å²) in [4.78, 5) is 4.43. The summed E-state index contributed by atoms with van der Waals surface area (Å²) < 4.78 is 7.88. The van der Waals surface area contributed by atoms with Crippen molar-refractivity contribution in [3.63, 3.8) is 0 Å². The first-order chi connectivity index (χ1) is 6.02. The van der Waals surface area contributed by atoms with Gasteiger partial charge in [0.25, 0.3) is 0 Å². The topological polar surface area (TPSA) is 23.6 Å². The fourth-order valence-corrected chi connectivity index (χ4v) is 1.03. The maximum absolute atomic E-state index is 7.88. The summed E-state index contributed by atoms with van der Waals surface area (Å²) in [6.07, 6.45) is 1.21. The predicted octanol–water partition coefficient (Wildman–Crippen LogP) is 0.973. The van der Waals surface area contributed by atoms with Gasteiger partial charge in [-0.3, -0.25) is 0 Å². The quantitative estimate of drug-likeness (QED) is 0.521. The van der Waals surface area contributed by atoms with Gasteiger partial charge in [0.15, 0.2) is 0 Å². The van der Waals surface area contributed by atoms with Crippen LogP contribution in [0.25, 0.3) is 0 Å². The van der Waals surface area contributed by atoms with Crippen LogP contribution in [0.3, 0.4) is 0 Å². The first-order valence-corrected chi connectivity index (χ1v) is 4.66. The third kappa shape index (κ3) is 15.0. The summed E-state index contributed by atoms with van der Waals surface area (Å²) in [6.45, 7) is 4.51. The molecule has 13 heavy (non-hydrogen) atoms. The van der Waals surface area contributed by atoms with Crippen LogP contribution in [0.4, 0.5) is 0 Å². The molecule has 0 saturated carbocycles. The van der Waals surface area contributed by atoms with E-state index in [9.17, 15) is 0 Å². The molecule has 0 aromatic carbocycles. The summed E-state index contributed by atoms with van der Waals surface area (Å²) in [5, 5.41) is 0. The fraction of sp³-hybridized carbons (Fsp3) is 0.889. The minimum absolute atomic E-state index is 1.12. The van der Waals surface area contributed by atoms with E-state index in [1.165, 1.54) is 13.0 Å². The maximum atomic E-state index is 7.88. The van der Waals surface area contributed by atoms with Gasteiger partial charge in [0, 0.05) is 0 Å². The molecule has 84 valence electrons. The van der Waals surface area contributed by atoms with Gasteiger partial charge in [0.05, 0.1) is 0 Å². The molecule has 0 heterocycles. The molecule has 4 heteroatoms. The number of rotatable bonds is 5. The van der Waals surface area contributed by atoms with Crippen molar-refractivity contribution in [2.75, 3.05) is 41.3 Å². The van der Waals surface area contributed by atoms with Crippen LogP contribution in [0.5, 0.6) is 0 Å². The van der Waals surface area contributed by atoms with Crippen molar-refractivity contribution < 1.29 is 19.3 Å². The van der Waals surface area contributed by atoms with Gasteiger partial charge in [-0.05, 0) is 34.7 Å². The second kappa shape index (κ2) is 10.3. The molecule has 0 fully saturated rings. The van der Waals surface area contributed by atoms with E-state index in [0.717, 1.165) is 6.54 Å². The zero-order chi connectivity index (χ0) is 10.9. The Balaban J connectivity index is 0. The zero-order valence-electron chi connectivity index (χ0n) is 9.24. The van der Waals surface area contributed by atoms with Crippen LogP contribution < -0.4 is 0 Å². The summed E-state index contributed by atoms with van der Waals surface area (Å²) in [5.41, 5.74) is 0. The molecule has 0 radical (unpaired) electrons. The van der Waals surface area contributed by atoms with Crippen molar-refractivity contribution >= 4 is 0 Å². The first kappa shape index (κ1) is 15.7. The van der Waals surface area contributed by atoms with E-state index in [1.807, 2.05) is 0 Å². The Kier molecular flexibility index (Phi) is 12.4. The van der Waals surface area contributed by atoms with Crippen LogP contribution in [0.2, 0.25) is 0 Å². The third-order valence-corrected chi connectivity index (χ3v) is 1.57. The van der Waals surface area contributed by atoms with Crippen molar-refractivity contribution in [2.24, 2.45) is 0 Å². The van der Waals surface area contributed by atoms with E-state index in [4.69, 9.17) is 3.90 Å². The van der Waals surface area contributed by atoms with E-state index in [1.54, 1.807) is 5.92 Å². The SMILES string of the molecule is C[C-](CCN(C)C)CN(C)C.[O]=[Ni]. The Morgan fingerprint density at radius 2 is 1.54 bits per heavy atom. The molecule has 0 aliphatic rings. The van der Waals surface area contributed by atoms with Crippen LogP contribution in [-0.2, 0) is 19.3 Å². The van der Waals surface area contributed by atoms with Crippen molar-refractivity contribution in [1.29, 1.82) is 0 Å². The van der Waals surface area contributed by atoms with Crippen molar-refractivity contribution in [2.45, 2.75) is 13.3 Å². The zero-order valence-corrected chi connectivity index (χ0v) is 10.2. The van der Waals surface area contributed by atoms with E-state index in [0.29, 0.717) is 0 Å². The molecule has 3 nitrogen and oxygen atoms in total. The average molecular weight is 232 g/mol. The van der Waals surface area contributed by atoms with E-state index >= 15 is 0 Å². The van der Waals surface area contributed by atoms with Crippen LogP contribution >= 0.6 is 0 Å². The Bertz CT molecular complexity index is 110. The van der Waals surface area contributed by atoms with Gasteiger partial charge >= 0.3 is 19.3 Å². The molecule has 0 N–H and O–H groups in total. The van der Waals surface area contributed by atoms with Crippen molar-refractivity contribution in [3.05, 3.63) is 5.92 Å². The van der Waals surface area contributed by atoms with Gasteiger partial charge in [-0.25, -0.2) is 0 Å². The number of nitrogens with zero attached hydrogens (tertiary/aromatic N) is 2. The molecule has 0 amide bonds. The molecule has 0 aromatic rings. The summed E-state index contributed by atoms with van der Waals surface area (Å²) in [7, 11) is 8.45. The third-order valence-electron chi connectivity index (χ3n) is 1.57. The van der Waals surface area contributed by atoms with Gasteiger partial charge in [-0.1, -0.05) is 0 Å². The van der Waals surface area contributed by atoms with Crippen LogP contribution in [0.15, 0.2) is 0 Å².